The summed E-state index contributed by atoms with van der Waals surface area (Å²) >= 11 is 3.10. The molecule has 0 saturated heterocycles. The molecule has 2 N–H and O–H groups in total. The van der Waals surface area contributed by atoms with Crippen molar-refractivity contribution >= 4 is 39.9 Å². The monoisotopic (exact) mass is 334 g/mol. The Labute approximate surface area is 138 Å². The molecule has 2 amide bonds. The Morgan fingerprint density at radius 1 is 1.18 bits per heavy atom. The first-order valence-electron chi connectivity index (χ1n) is 6.98. The van der Waals surface area contributed by atoms with Crippen LogP contribution in [0.1, 0.15) is 23.2 Å². The van der Waals surface area contributed by atoms with E-state index in [0.29, 0.717) is 17.0 Å². The van der Waals surface area contributed by atoms with Gasteiger partial charge in [0, 0.05) is 18.4 Å². The van der Waals surface area contributed by atoms with Crippen molar-refractivity contribution in [2.45, 2.75) is 17.7 Å². The highest BCUT2D eigenvalue weighted by molar-refractivity contribution is 7.99. The normalized spacial score (nSPS) is 10.2. The first kappa shape index (κ1) is 16.6. The molecule has 6 heteroatoms. The van der Waals surface area contributed by atoms with Crippen molar-refractivity contribution in [3.05, 3.63) is 47.3 Å². The molecule has 0 saturated carbocycles. The number of hydrogen-bond acceptors (Lipinski definition) is 4. The van der Waals surface area contributed by atoms with Crippen LogP contribution in [0.15, 0.2) is 46.7 Å². The second-order valence-electron chi connectivity index (χ2n) is 4.56. The summed E-state index contributed by atoms with van der Waals surface area (Å²) in [6, 6.07) is 11.8. The fourth-order valence-corrected chi connectivity index (χ4v) is 3.52. The maximum atomic E-state index is 11.9. The van der Waals surface area contributed by atoms with E-state index < -0.39 is 0 Å². The van der Waals surface area contributed by atoms with Crippen molar-refractivity contribution in [2.75, 3.05) is 18.1 Å². The lowest BCUT2D eigenvalue weighted by atomic mass is 10.3. The summed E-state index contributed by atoms with van der Waals surface area (Å²) < 4.78 is 0. The summed E-state index contributed by atoms with van der Waals surface area (Å²) in [5.41, 5.74) is 0.513. The summed E-state index contributed by atoms with van der Waals surface area (Å²) in [5.74, 6) is 0.655. The molecule has 0 radical (unpaired) electrons. The van der Waals surface area contributed by atoms with Gasteiger partial charge in [-0.25, -0.2) is 0 Å². The average molecular weight is 334 g/mol. The van der Waals surface area contributed by atoms with Gasteiger partial charge >= 0.3 is 0 Å². The molecular formula is C16H18N2O2S2. The van der Waals surface area contributed by atoms with Gasteiger partial charge in [0.15, 0.2) is 0 Å². The second kappa shape index (κ2) is 8.60. The zero-order valence-electron chi connectivity index (χ0n) is 12.3. The third-order valence-electron chi connectivity index (χ3n) is 2.95. The average Bonchev–Trinajstić information content (AvgIpc) is 3.00. The number of nitrogens with one attached hydrogen (secondary N) is 2. The molecule has 2 rings (SSSR count). The van der Waals surface area contributed by atoms with E-state index in [1.165, 1.54) is 16.2 Å². The molecule has 22 heavy (non-hydrogen) atoms. The van der Waals surface area contributed by atoms with E-state index in [9.17, 15) is 9.59 Å². The van der Waals surface area contributed by atoms with Gasteiger partial charge in [-0.15, -0.1) is 23.1 Å². The minimum atomic E-state index is -0.184. The number of hydrogen-bond donors (Lipinski definition) is 2. The van der Waals surface area contributed by atoms with Crippen molar-refractivity contribution in [2.24, 2.45) is 0 Å². The van der Waals surface area contributed by atoms with Crippen molar-refractivity contribution in [3.63, 3.8) is 0 Å². The molecule has 0 atom stereocenters. The Hall–Kier alpha value is -1.79. The zero-order chi connectivity index (χ0) is 15.8. The quantitative estimate of drug-likeness (QED) is 0.600. The van der Waals surface area contributed by atoms with E-state index in [0.717, 1.165) is 12.2 Å². The highest BCUT2D eigenvalue weighted by Gasteiger charge is 2.13. The maximum Gasteiger partial charge on any atom is 0.254 e. The SMILES string of the molecule is CNC(=O)c1ccsc1NC(=O)CCCSc1ccccc1. The summed E-state index contributed by atoms with van der Waals surface area (Å²) in [4.78, 5) is 24.8. The fraction of sp³-hybridized carbons (Fsp3) is 0.250. The molecule has 1 aromatic carbocycles. The van der Waals surface area contributed by atoms with E-state index >= 15 is 0 Å². The minimum Gasteiger partial charge on any atom is -0.355 e. The first-order chi connectivity index (χ1) is 10.7. The lowest BCUT2D eigenvalue weighted by Crippen LogP contribution is -2.20. The van der Waals surface area contributed by atoms with Gasteiger partial charge in [0.1, 0.15) is 5.00 Å². The van der Waals surface area contributed by atoms with Crippen LogP contribution in [0.3, 0.4) is 0 Å². The molecule has 0 aliphatic heterocycles. The van der Waals surface area contributed by atoms with Gasteiger partial charge < -0.3 is 10.6 Å². The molecule has 0 aliphatic rings. The van der Waals surface area contributed by atoms with E-state index in [-0.39, 0.29) is 11.8 Å². The fourth-order valence-electron chi connectivity index (χ4n) is 1.85. The van der Waals surface area contributed by atoms with Gasteiger partial charge in [-0.05, 0) is 35.8 Å². The number of benzene rings is 1. The molecule has 1 aromatic heterocycles. The zero-order valence-corrected chi connectivity index (χ0v) is 13.9. The van der Waals surface area contributed by atoms with Crippen LogP contribution in [0.25, 0.3) is 0 Å². The summed E-state index contributed by atoms with van der Waals surface area (Å²) in [5, 5.41) is 7.79. The Bertz CT molecular complexity index is 626. The molecule has 1 heterocycles. The number of amides is 2. The van der Waals surface area contributed by atoms with E-state index in [2.05, 4.69) is 22.8 Å². The number of rotatable bonds is 7. The maximum absolute atomic E-state index is 11.9. The Morgan fingerprint density at radius 2 is 1.95 bits per heavy atom. The summed E-state index contributed by atoms with van der Waals surface area (Å²) in [6.45, 7) is 0. The summed E-state index contributed by atoms with van der Waals surface area (Å²) in [7, 11) is 1.58. The minimum absolute atomic E-state index is 0.0544. The molecular weight excluding hydrogens is 316 g/mol. The molecule has 0 unspecified atom stereocenters. The molecule has 2 aromatic rings. The van der Waals surface area contributed by atoms with E-state index in [1.807, 2.05) is 18.2 Å². The van der Waals surface area contributed by atoms with Crippen LogP contribution in [0.2, 0.25) is 0 Å². The van der Waals surface area contributed by atoms with Crippen molar-refractivity contribution < 1.29 is 9.59 Å². The van der Waals surface area contributed by atoms with Crippen LogP contribution in [-0.4, -0.2) is 24.6 Å². The van der Waals surface area contributed by atoms with Gasteiger partial charge in [0.2, 0.25) is 5.91 Å². The molecule has 4 nitrogen and oxygen atoms in total. The number of thiophene rings is 1. The molecule has 0 fully saturated rings. The lowest BCUT2D eigenvalue weighted by Gasteiger charge is -2.06. The van der Waals surface area contributed by atoms with Gasteiger partial charge in [-0.1, -0.05) is 18.2 Å². The number of thioether (sulfide) groups is 1. The highest BCUT2D eigenvalue weighted by atomic mass is 32.2. The standard InChI is InChI=1S/C16H18N2O2S2/c1-17-15(20)13-9-11-22-16(13)18-14(19)8-5-10-21-12-6-3-2-4-7-12/h2-4,6-7,9,11H,5,8,10H2,1H3,(H,17,20)(H,18,19). The Morgan fingerprint density at radius 3 is 2.68 bits per heavy atom. The van der Waals surface area contributed by atoms with Crippen molar-refractivity contribution in [3.8, 4) is 0 Å². The predicted octanol–water partition coefficient (Wildman–Crippen LogP) is 3.62. The van der Waals surface area contributed by atoms with Gasteiger partial charge in [-0.2, -0.15) is 0 Å². The Balaban J connectivity index is 1.74. The van der Waals surface area contributed by atoms with Crippen LogP contribution in [0.5, 0.6) is 0 Å². The van der Waals surface area contributed by atoms with Crippen molar-refractivity contribution in [1.82, 2.24) is 5.32 Å². The summed E-state index contributed by atoms with van der Waals surface area (Å²) in [6.07, 6.45) is 1.25. The van der Waals surface area contributed by atoms with Gasteiger partial charge in [0.05, 0.1) is 5.56 Å². The Kier molecular flexibility index (Phi) is 6.48. The van der Waals surface area contributed by atoms with Gasteiger partial charge in [-0.3, -0.25) is 9.59 Å². The predicted molar refractivity (Wildman–Crippen MR) is 92.7 cm³/mol. The van der Waals surface area contributed by atoms with E-state index in [4.69, 9.17) is 0 Å². The topological polar surface area (TPSA) is 58.2 Å². The third-order valence-corrected chi connectivity index (χ3v) is 4.88. The lowest BCUT2D eigenvalue weighted by molar-refractivity contribution is -0.116. The van der Waals surface area contributed by atoms with Crippen LogP contribution >= 0.6 is 23.1 Å². The van der Waals surface area contributed by atoms with Crippen molar-refractivity contribution in [1.29, 1.82) is 0 Å². The molecule has 0 aliphatic carbocycles. The van der Waals surface area contributed by atoms with Crippen LogP contribution in [0, 0.1) is 0 Å². The number of carbonyl (C=O) groups excluding carboxylic acids is 2. The second-order valence-corrected chi connectivity index (χ2v) is 6.64. The third kappa shape index (κ3) is 4.89. The van der Waals surface area contributed by atoms with E-state index in [1.54, 1.807) is 30.3 Å². The van der Waals surface area contributed by atoms with Crippen LogP contribution in [0.4, 0.5) is 5.00 Å². The number of anilines is 1. The first-order valence-corrected chi connectivity index (χ1v) is 8.84. The molecule has 116 valence electrons. The number of carbonyl (C=O) groups is 2. The molecule has 0 spiro atoms. The smallest absolute Gasteiger partial charge is 0.254 e. The van der Waals surface area contributed by atoms with Crippen LogP contribution < -0.4 is 10.6 Å². The van der Waals surface area contributed by atoms with Gasteiger partial charge in [0.25, 0.3) is 5.91 Å². The largest absolute Gasteiger partial charge is 0.355 e. The highest BCUT2D eigenvalue weighted by Crippen LogP contribution is 2.24. The molecule has 0 bridgehead atoms. The van der Waals surface area contributed by atoms with Crippen LogP contribution in [-0.2, 0) is 4.79 Å².